The van der Waals surface area contributed by atoms with Gasteiger partial charge in [0.15, 0.2) is 5.69 Å². The first kappa shape index (κ1) is 6.40. The molecular formula is C4H4N4O2. The van der Waals surface area contributed by atoms with Crippen LogP contribution >= 0.6 is 0 Å². The highest BCUT2D eigenvalue weighted by Crippen LogP contribution is 1.90. The number of rotatable bonds is 1. The summed E-state index contributed by atoms with van der Waals surface area (Å²) in [5, 5.41) is 14.8. The Morgan fingerprint density at radius 1 is 1.60 bits per heavy atom. The molecule has 0 aliphatic carbocycles. The summed E-state index contributed by atoms with van der Waals surface area (Å²) in [5.74, 6) is -1.20. The van der Waals surface area contributed by atoms with E-state index in [2.05, 4.69) is 15.2 Å². The monoisotopic (exact) mass is 140 g/mol. The molecule has 0 bridgehead atoms. The molecule has 0 aromatic carbocycles. The number of hydrogen-bond acceptors (Lipinski definition) is 5. The molecule has 0 saturated heterocycles. The highest BCUT2D eigenvalue weighted by atomic mass is 16.4. The van der Waals surface area contributed by atoms with Crippen LogP contribution in [0, 0.1) is 0 Å². The van der Waals surface area contributed by atoms with Crippen molar-refractivity contribution in [2.75, 3.05) is 5.73 Å². The van der Waals surface area contributed by atoms with Gasteiger partial charge >= 0.3 is 5.97 Å². The summed E-state index contributed by atoms with van der Waals surface area (Å²) in [6.07, 6.45) is 1.05. The zero-order valence-electron chi connectivity index (χ0n) is 4.85. The Labute approximate surface area is 55.7 Å². The summed E-state index contributed by atoms with van der Waals surface area (Å²) in [7, 11) is 0. The smallest absolute Gasteiger partial charge is 0.358 e. The van der Waals surface area contributed by atoms with Crippen LogP contribution < -0.4 is 5.73 Å². The van der Waals surface area contributed by atoms with Crippen LogP contribution in [0.15, 0.2) is 6.20 Å². The molecule has 0 amide bonds. The number of nitrogens with two attached hydrogens (primary N) is 1. The Hall–Kier alpha value is -1.72. The maximum absolute atomic E-state index is 10.1. The van der Waals surface area contributed by atoms with Crippen molar-refractivity contribution in [3.63, 3.8) is 0 Å². The molecule has 52 valence electrons. The van der Waals surface area contributed by atoms with Crippen molar-refractivity contribution in [3.05, 3.63) is 11.9 Å². The van der Waals surface area contributed by atoms with Crippen molar-refractivity contribution in [3.8, 4) is 0 Å². The van der Waals surface area contributed by atoms with Gasteiger partial charge in [0, 0.05) is 0 Å². The van der Waals surface area contributed by atoms with Crippen LogP contribution in [0.25, 0.3) is 0 Å². The predicted octanol–water partition coefficient (Wildman–Crippen LogP) is -0.848. The molecule has 0 atom stereocenters. The molecular weight excluding hydrogens is 136 g/mol. The Morgan fingerprint density at radius 2 is 2.30 bits per heavy atom. The van der Waals surface area contributed by atoms with Gasteiger partial charge in [-0.3, -0.25) is 0 Å². The molecule has 1 heterocycles. The van der Waals surface area contributed by atoms with Crippen LogP contribution in [-0.2, 0) is 0 Å². The van der Waals surface area contributed by atoms with Gasteiger partial charge in [0.2, 0.25) is 5.95 Å². The molecule has 0 spiro atoms. The average molecular weight is 140 g/mol. The zero-order chi connectivity index (χ0) is 7.56. The number of aromatic nitrogens is 3. The molecule has 0 saturated carbocycles. The van der Waals surface area contributed by atoms with Crippen molar-refractivity contribution >= 4 is 11.9 Å². The highest BCUT2D eigenvalue weighted by molar-refractivity contribution is 5.84. The van der Waals surface area contributed by atoms with Gasteiger partial charge in [0.1, 0.15) is 0 Å². The minimum Gasteiger partial charge on any atom is -0.476 e. The Morgan fingerprint density at radius 3 is 2.70 bits per heavy atom. The zero-order valence-corrected chi connectivity index (χ0v) is 4.85. The van der Waals surface area contributed by atoms with Gasteiger partial charge in [-0.1, -0.05) is 0 Å². The van der Waals surface area contributed by atoms with Crippen LogP contribution in [0.5, 0.6) is 0 Å². The summed E-state index contributed by atoms with van der Waals surface area (Å²) in [4.78, 5) is 13.6. The first-order valence-corrected chi connectivity index (χ1v) is 2.38. The third-order valence-electron chi connectivity index (χ3n) is 0.798. The van der Waals surface area contributed by atoms with Crippen molar-refractivity contribution in [2.24, 2.45) is 0 Å². The highest BCUT2D eigenvalue weighted by Gasteiger charge is 2.03. The van der Waals surface area contributed by atoms with Crippen LogP contribution in [0.1, 0.15) is 10.5 Å². The van der Waals surface area contributed by atoms with E-state index in [0.717, 1.165) is 6.20 Å². The lowest BCUT2D eigenvalue weighted by Crippen LogP contribution is -2.05. The Kier molecular flexibility index (Phi) is 1.44. The molecule has 10 heavy (non-hydrogen) atoms. The second-order valence-corrected chi connectivity index (χ2v) is 1.51. The number of aromatic carboxylic acids is 1. The van der Waals surface area contributed by atoms with Gasteiger partial charge in [0.05, 0.1) is 6.20 Å². The summed E-state index contributed by atoms with van der Waals surface area (Å²) >= 11 is 0. The number of hydrogen-bond donors (Lipinski definition) is 2. The van der Waals surface area contributed by atoms with Crippen LogP contribution in [0.4, 0.5) is 5.95 Å². The van der Waals surface area contributed by atoms with Gasteiger partial charge in [-0.15, -0.1) is 10.2 Å². The molecule has 0 aliphatic heterocycles. The average Bonchev–Trinajstić information content (AvgIpc) is 1.88. The minimum absolute atomic E-state index is 0.0370. The number of carbonyl (C=O) groups is 1. The van der Waals surface area contributed by atoms with E-state index >= 15 is 0 Å². The van der Waals surface area contributed by atoms with Crippen LogP contribution in [-0.4, -0.2) is 26.3 Å². The topological polar surface area (TPSA) is 102 Å². The van der Waals surface area contributed by atoms with E-state index in [1.54, 1.807) is 0 Å². The molecule has 0 aliphatic rings. The SMILES string of the molecule is Nc1ncc(C(=O)O)nn1. The van der Waals surface area contributed by atoms with Gasteiger partial charge in [0.25, 0.3) is 0 Å². The van der Waals surface area contributed by atoms with E-state index in [1.807, 2.05) is 0 Å². The number of nitrogen functional groups attached to an aromatic ring is 1. The summed E-state index contributed by atoms with van der Waals surface area (Å²) in [5.41, 5.74) is 4.84. The standard InChI is InChI=1S/C4H4N4O2/c5-4-6-1-2(3(9)10)7-8-4/h1H,(H,9,10)(H2,5,6,8). The minimum atomic E-state index is -1.17. The van der Waals surface area contributed by atoms with E-state index in [4.69, 9.17) is 10.8 Å². The first-order valence-electron chi connectivity index (χ1n) is 2.38. The van der Waals surface area contributed by atoms with Crippen molar-refractivity contribution in [1.82, 2.24) is 15.2 Å². The van der Waals surface area contributed by atoms with E-state index in [0.29, 0.717) is 0 Å². The number of anilines is 1. The second-order valence-electron chi connectivity index (χ2n) is 1.51. The predicted molar refractivity (Wildman–Crippen MR) is 31.2 cm³/mol. The molecule has 1 aromatic rings. The van der Waals surface area contributed by atoms with Crippen LogP contribution in [0.2, 0.25) is 0 Å². The number of nitrogens with zero attached hydrogens (tertiary/aromatic N) is 3. The van der Waals surface area contributed by atoms with Crippen LogP contribution in [0.3, 0.4) is 0 Å². The number of carboxylic acid groups (broad SMARTS) is 1. The van der Waals surface area contributed by atoms with Crippen molar-refractivity contribution < 1.29 is 9.90 Å². The maximum atomic E-state index is 10.1. The van der Waals surface area contributed by atoms with E-state index in [1.165, 1.54) is 0 Å². The molecule has 0 radical (unpaired) electrons. The normalized spacial score (nSPS) is 9.20. The Bertz CT molecular complexity index is 244. The quantitative estimate of drug-likeness (QED) is 0.526. The summed E-state index contributed by atoms with van der Waals surface area (Å²) < 4.78 is 0. The molecule has 3 N–H and O–H groups in total. The first-order chi connectivity index (χ1) is 4.70. The van der Waals surface area contributed by atoms with E-state index in [9.17, 15) is 4.79 Å². The fourth-order valence-corrected chi connectivity index (χ4v) is 0.382. The lowest BCUT2D eigenvalue weighted by atomic mass is 10.5. The lowest BCUT2D eigenvalue weighted by Gasteiger charge is -1.89. The molecule has 1 aromatic heterocycles. The molecule has 0 unspecified atom stereocenters. The molecule has 6 heteroatoms. The van der Waals surface area contributed by atoms with Gasteiger partial charge in [-0.05, 0) is 0 Å². The Balaban J connectivity index is 3.00. The lowest BCUT2D eigenvalue weighted by molar-refractivity contribution is 0.0688. The van der Waals surface area contributed by atoms with Gasteiger partial charge in [-0.25, -0.2) is 9.78 Å². The molecule has 1 rings (SSSR count). The largest absolute Gasteiger partial charge is 0.476 e. The fourth-order valence-electron chi connectivity index (χ4n) is 0.382. The molecule has 0 fully saturated rings. The van der Waals surface area contributed by atoms with E-state index in [-0.39, 0.29) is 11.6 Å². The summed E-state index contributed by atoms with van der Waals surface area (Å²) in [6.45, 7) is 0. The summed E-state index contributed by atoms with van der Waals surface area (Å²) in [6, 6.07) is 0. The van der Waals surface area contributed by atoms with E-state index < -0.39 is 5.97 Å². The van der Waals surface area contributed by atoms with Crippen molar-refractivity contribution in [1.29, 1.82) is 0 Å². The third-order valence-corrected chi connectivity index (χ3v) is 0.798. The maximum Gasteiger partial charge on any atom is 0.358 e. The number of carboxylic acids is 1. The third kappa shape index (κ3) is 1.16. The second kappa shape index (κ2) is 2.26. The van der Waals surface area contributed by atoms with Gasteiger partial charge in [-0.2, -0.15) is 0 Å². The molecule has 6 nitrogen and oxygen atoms in total. The van der Waals surface area contributed by atoms with Gasteiger partial charge < -0.3 is 10.8 Å². The van der Waals surface area contributed by atoms with Crippen molar-refractivity contribution in [2.45, 2.75) is 0 Å². The fraction of sp³-hybridized carbons (Fsp3) is 0.